The van der Waals surface area contributed by atoms with E-state index in [1.165, 1.54) is 0 Å². The Labute approximate surface area is 106 Å². The van der Waals surface area contributed by atoms with Crippen LogP contribution in [0.25, 0.3) is 11.5 Å². The van der Waals surface area contributed by atoms with Crippen molar-refractivity contribution in [3.63, 3.8) is 0 Å². The Bertz CT molecular complexity index is 561. The maximum Gasteiger partial charge on any atom is 0.258 e. The van der Waals surface area contributed by atoms with Gasteiger partial charge >= 0.3 is 0 Å². The van der Waals surface area contributed by atoms with Gasteiger partial charge in [0.25, 0.3) is 5.89 Å². The molecule has 5 nitrogen and oxygen atoms in total. The molecule has 0 saturated heterocycles. The van der Waals surface area contributed by atoms with Crippen LogP contribution in [0.4, 0.5) is 5.69 Å². The van der Waals surface area contributed by atoms with E-state index in [0.717, 1.165) is 11.1 Å². The van der Waals surface area contributed by atoms with E-state index in [4.69, 9.17) is 15.0 Å². The van der Waals surface area contributed by atoms with Gasteiger partial charge < -0.3 is 15.0 Å². The molecule has 0 spiro atoms. The van der Waals surface area contributed by atoms with Crippen molar-refractivity contribution >= 4 is 5.69 Å². The highest BCUT2D eigenvalue weighted by Gasteiger charge is 2.26. The molecule has 96 valence electrons. The van der Waals surface area contributed by atoms with E-state index in [0.29, 0.717) is 17.4 Å². The van der Waals surface area contributed by atoms with E-state index in [1.807, 2.05) is 39.0 Å². The molecule has 1 heterocycles. The summed E-state index contributed by atoms with van der Waals surface area (Å²) < 4.78 is 10.5. The van der Waals surface area contributed by atoms with Crippen LogP contribution in [0.3, 0.4) is 0 Å². The van der Waals surface area contributed by atoms with Crippen molar-refractivity contribution in [3.8, 4) is 11.5 Å². The molecule has 2 N–H and O–H groups in total. The van der Waals surface area contributed by atoms with Crippen molar-refractivity contribution in [3.05, 3.63) is 29.6 Å². The molecule has 0 aliphatic carbocycles. The molecule has 0 aliphatic rings. The second-order valence-electron chi connectivity index (χ2n) is 4.71. The molecule has 2 rings (SSSR count). The number of aryl methyl sites for hydroxylation is 1. The summed E-state index contributed by atoms with van der Waals surface area (Å²) in [5, 5.41) is 3.94. The van der Waals surface area contributed by atoms with Gasteiger partial charge in [0.05, 0.1) is 0 Å². The van der Waals surface area contributed by atoms with Gasteiger partial charge in [-0.15, -0.1) is 0 Å². The normalized spacial score (nSPS) is 11.8. The topological polar surface area (TPSA) is 74.2 Å². The van der Waals surface area contributed by atoms with E-state index in [9.17, 15) is 0 Å². The van der Waals surface area contributed by atoms with Crippen molar-refractivity contribution in [2.45, 2.75) is 26.4 Å². The molecule has 5 heteroatoms. The minimum absolute atomic E-state index is 0.446. The van der Waals surface area contributed by atoms with Gasteiger partial charge in [-0.1, -0.05) is 11.2 Å². The molecule has 0 unspecified atom stereocenters. The third-order valence-corrected chi connectivity index (χ3v) is 3.00. The number of benzene rings is 1. The van der Waals surface area contributed by atoms with Gasteiger partial charge in [-0.3, -0.25) is 0 Å². The number of nitrogen functional groups attached to an aromatic ring is 1. The van der Waals surface area contributed by atoms with Gasteiger partial charge in [0.1, 0.15) is 5.60 Å². The minimum Gasteiger partial charge on any atom is -0.398 e. The molecule has 0 aliphatic heterocycles. The number of nitrogens with zero attached hydrogens (tertiary/aromatic N) is 2. The van der Waals surface area contributed by atoms with Gasteiger partial charge in [0.2, 0.25) is 5.82 Å². The number of anilines is 1. The summed E-state index contributed by atoms with van der Waals surface area (Å²) in [5.41, 5.74) is 7.83. The van der Waals surface area contributed by atoms with Crippen molar-refractivity contribution < 1.29 is 9.26 Å². The summed E-state index contributed by atoms with van der Waals surface area (Å²) in [6.07, 6.45) is 0. The highest BCUT2D eigenvalue weighted by molar-refractivity contribution is 5.62. The number of ether oxygens (including phenoxy) is 1. The van der Waals surface area contributed by atoms with Crippen molar-refractivity contribution in [1.82, 2.24) is 10.1 Å². The first-order valence-corrected chi connectivity index (χ1v) is 5.70. The van der Waals surface area contributed by atoms with Gasteiger partial charge in [-0.05, 0) is 38.5 Å². The van der Waals surface area contributed by atoms with E-state index < -0.39 is 5.60 Å². The maximum atomic E-state index is 5.86. The van der Waals surface area contributed by atoms with E-state index in [2.05, 4.69) is 10.1 Å². The van der Waals surface area contributed by atoms with Crippen LogP contribution in [0.15, 0.2) is 22.7 Å². The fourth-order valence-electron chi connectivity index (χ4n) is 1.45. The summed E-state index contributed by atoms with van der Waals surface area (Å²) in [6.45, 7) is 5.71. The first-order chi connectivity index (χ1) is 8.44. The molecule has 0 fully saturated rings. The molecule has 1 aromatic heterocycles. The van der Waals surface area contributed by atoms with Crippen LogP contribution in [0.1, 0.15) is 25.2 Å². The van der Waals surface area contributed by atoms with Crippen molar-refractivity contribution in [1.29, 1.82) is 0 Å². The predicted molar refractivity (Wildman–Crippen MR) is 68.9 cm³/mol. The highest BCUT2D eigenvalue weighted by Crippen LogP contribution is 2.26. The quantitative estimate of drug-likeness (QED) is 0.843. The largest absolute Gasteiger partial charge is 0.398 e. The summed E-state index contributed by atoms with van der Waals surface area (Å²) >= 11 is 0. The van der Waals surface area contributed by atoms with E-state index >= 15 is 0 Å². The highest BCUT2D eigenvalue weighted by atomic mass is 16.5. The second kappa shape index (κ2) is 4.42. The standard InChI is InChI=1S/C13H17N3O2/c1-8-5-6-9(7-10(8)14)11-15-12(16-18-11)13(2,3)17-4/h5-7H,14H2,1-4H3. The zero-order chi connectivity index (χ0) is 13.3. The van der Waals surface area contributed by atoms with Gasteiger partial charge in [-0.2, -0.15) is 4.98 Å². The SMILES string of the molecule is COC(C)(C)c1noc(-c2ccc(C)c(N)c2)n1. The molecular weight excluding hydrogens is 230 g/mol. The molecule has 2 aromatic rings. The van der Waals surface area contributed by atoms with Crippen molar-refractivity contribution in [2.24, 2.45) is 0 Å². The Hall–Kier alpha value is -1.88. The molecule has 0 bridgehead atoms. The third-order valence-electron chi connectivity index (χ3n) is 3.00. The zero-order valence-electron chi connectivity index (χ0n) is 11.0. The average Bonchev–Trinajstić information content (AvgIpc) is 2.83. The molecule has 0 atom stereocenters. The van der Waals surface area contributed by atoms with Crippen LogP contribution < -0.4 is 5.73 Å². The lowest BCUT2D eigenvalue weighted by Gasteiger charge is -2.17. The summed E-state index contributed by atoms with van der Waals surface area (Å²) in [4.78, 5) is 4.34. The van der Waals surface area contributed by atoms with Crippen LogP contribution in [0, 0.1) is 6.92 Å². The lowest BCUT2D eigenvalue weighted by molar-refractivity contribution is 0.00973. The Kier molecular flexibility index (Phi) is 3.09. The number of aromatic nitrogens is 2. The van der Waals surface area contributed by atoms with Crippen LogP contribution in [0.2, 0.25) is 0 Å². The third kappa shape index (κ3) is 2.22. The number of nitrogens with two attached hydrogens (primary N) is 1. The summed E-state index contributed by atoms with van der Waals surface area (Å²) in [6, 6.07) is 5.66. The van der Waals surface area contributed by atoms with Crippen LogP contribution >= 0.6 is 0 Å². The molecule has 0 amide bonds. The van der Waals surface area contributed by atoms with Crippen molar-refractivity contribution in [2.75, 3.05) is 12.8 Å². The zero-order valence-corrected chi connectivity index (χ0v) is 11.0. The van der Waals surface area contributed by atoms with Crippen LogP contribution in [0.5, 0.6) is 0 Å². The Morgan fingerprint density at radius 2 is 2.06 bits per heavy atom. The van der Waals surface area contributed by atoms with Gasteiger partial charge in [0, 0.05) is 18.4 Å². The van der Waals surface area contributed by atoms with Gasteiger partial charge in [-0.25, -0.2) is 0 Å². The van der Waals surface area contributed by atoms with E-state index in [-0.39, 0.29) is 0 Å². The number of rotatable bonds is 3. The summed E-state index contributed by atoms with van der Waals surface area (Å²) in [5.74, 6) is 0.959. The minimum atomic E-state index is -0.571. The molecular formula is C13H17N3O2. The smallest absolute Gasteiger partial charge is 0.258 e. The first-order valence-electron chi connectivity index (χ1n) is 5.70. The monoisotopic (exact) mass is 247 g/mol. The number of hydrogen-bond donors (Lipinski definition) is 1. The predicted octanol–water partition coefficient (Wildman–Crippen LogP) is 2.51. The fourth-order valence-corrected chi connectivity index (χ4v) is 1.45. The maximum absolute atomic E-state index is 5.86. The molecule has 18 heavy (non-hydrogen) atoms. The second-order valence-corrected chi connectivity index (χ2v) is 4.71. The number of hydrogen-bond acceptors (Lipinski definition) is 5. The lowest BCUT2D eigenvalue weighted by Crippen LogP contribution is -2.21. The Morgan fingerprint density at radius 1 is 1.33 bits per heavy atom. The van der Waals surface area contributed by atoms with Crippen LogP contribution in [-0.4, -0.2) is 17.3 Å². The van der Waals surface area contributed by atoms with Gasteiger partial charge in [0.15, 0.2) is 0 Å². The molecule has 0 saturated carbocycles. The van der Waals surface area contributed by atoms with E-state index in [1.54, 1.807) is 7.11 Å². The lowest BCUT2D eigenvalue weighted by atomic mass is 10.1. The Morgan fingerprint density at radius 3 is 2.67 bits per heavy atom. The average molecular weight is 247 g/mol. The molecule has 0 radical (unpaired) electrons. The summed E-state index contributed by atoms with van der Waals surface area (Å²) in [7, 11) is 1.61. The van der Waals surface area contributed by atoms with Crippen LogP contribution in [-0.2, 0) is 10.3 Å². The fraction of sp³-hybridized carbons (Fsp3) is 0.385. The number of methoxy groups -OCH3 is 1. The molecule has 1 aromatic carbocycles. The Balaban J connectivity index is 2.38. The first kappa shape index (κ1) is 12.6.